The van der Waals surface area contributed by atoms with E-state index in [9.17, 15) is 4.79 Å². The Morgan fingerprint density at radius 2 is 1.42 bits per heavy atom. The van der Waals surface area contributed by atoms with Crippen molar-refractivity contribution in [3.05, 3.63) is 114 Å². The molecule has 0 radical (unpaired) electrons. The van der Waals surface area contributed by atoms with Gasteiger partial charge in [-0.3, -0.25) is 4.79 Å². The largest absolute Gasteiger partial charge is 0.494 e. The highest BCUT2D eigenvalue weighted by molar-refractivity contribution is 5.69. The molecular formula is C29H33NO3. The van der Waals surface area contributed by atoms with E-state index in [1.54, 1.807) is 0 Å². The molecule has 0 aliphatic rings. The second kappa shape index (κ2) is 13.8. The van der Waals surface area contributed by atoms with Crippen molar-refractivity contribution in [1.29, 1.82) is 0 Å². The number of aryl methyl sites for hydroxylation is 1. The van der Waals surface area contributed by atoms with Gasteiger partial charge in [-0.2, -0.15) is 0 Å². The van der Waals surface area contributed by atoms with Crippen LogP contribution in [0.5, 0.6) is 5.75 Å². The maximum Gasteiger partial charge on any atom is 0.305 e. The number of esters is 1. The van der Waals surface area contributed by atoms with Gasteiger partial charge in [0.05, 0.1) is 13.7 Å². The van der Waals surface area contributed by atoms with Crippen molar-refractivity contribution in [2.24, 2.45) is 0 Å². The Bertz CT molecular complexity index is 927. The minimum absolute atomic E-state index is 0.201. The molecule has 3 rings (SSSR count). The number of ether oxygens (including phenoxy) is 2. The number of allylic oxidation sites excluding steroid dienone is 1. The first-order chi connectivity index (χ1) is 16.2. The highest BCUT2D eigenvalue weighted by atomic mass is 16.5. The SMILES string of the molecule is COC(=O)CCCOc1ccc(CC/C=C\N(Cc2ccccc2)Cc2ccccc2)cc1. The molecule has 0 atom stereocenters. The van der Waals surface area contributed by atoms with Gasteiger partial charge in [-0.15, -0.1) is 0 Å². The number of hydrogen-bond acceptors (Lipinski definition) is 4. The lowest BCUT2D eigenvalue weighted by Crippen LogP contribution is -2.16. The van der Waals surface area contributed by atoms with Crippen LogP contribution in [0.3, 0.4) is 0 Å². The number of methoxy groups -OCH3 is 1. The average molecular weight is 444 g/mol. The minimum atomic E-state index is -0.201. The molecular weight excluding hydrogens is 410 g/mol. The van der Waals surface area contributed by atoms with Crippen LogP contribution in [0, 0.1) is 0 Å². The zero-order valence-corrected chi connectivity index (χ0v) is 19.4. The van der Waals surface area contributed by atoms with E-state index in [1.165, 1.54) is 23.8 Å². The Morgan fingerprint density at radius 3 is 2.00 bits per heavy atom. The Kier molecular flexibility index (Phi) is 10.1. The number of benzene rings is 3. The molecule has 0 heterocycles. The second-order valence-electron chi connectivity index (χ2n) is 7.97. The highest BCUT2D eigenvalue weighted by Crippen LogP contribution is 2.15. The molecule has 0 spiro atoms. The molecule has 3 aromatic rings. The highest BCUT2D eigenvalue weighted by Gasteiger charge is 2.03. The fourth-order valence-corrected chi connectivity index (χ4v) is 3.53. The van der Waals surface area contributed by atoms with Gasteiger partial charge in [0.15, 0.2) is 0 Å². The summed E-state index contributed by atoms with van der Waals surface area (Å²) >= 11 is 0. The Hall–Kier alpha value is -3.53. The average Bonchev–Trinajstić information content (AvgIpc) is 2.86. The molecule has 0 aliphatic heterocycles. The van der Waals surface area contributed by atoms with Crippen LogP contribution in [0.1, 0.15) is 36.0 Å². The summed E-state index contributed by atoms with van der Waals surface area (Å²) in [5, 5.41) is 0. The summed E-state index contributed by atoms with van der Waals surface area (Å²) in [7, 11) is 1.40. The molecule has 0 amide bonds. The first-order valence-electron chi connectivity index (χ1n) is 11.5. The Morgan fingerprint density at radius 1 is 0.818 bits per heavy atom. The van der Waals surface area contributed by atoms with Gasteiger partial charge >= 0.3 is 5.97 Å². The van der Waals surface area contributed by atoms with E-state index < -0.39 is 0 Å². The van der Waals surface area contributed by atoms with Crippen LogP contribution in [0.2, 0.25) is 0 Å². The monoisotopic (exact) mass is 443 g/mol. The van der Waals surface area contributed by atoms with E-state index in [4.69, 9.17) is 4.74 Å². The standard InChI is InChI=1S/C29H33NO3/c1-32-29(31)16-10-22-33-28-19-17-25(18-20-28)11-8-9-21-30(23-26-12-4-2-5-13-26)24-27-14-6-3-7-15-27/h2-7,9,12-15,17-21H,8,10-11,16,22-24H2,1H3/b21-9-. The summed E-state index contributed by atoms with van der Waals surface area (Å²) in [6.07, 6.45) is 7.46. The lowest BCUT2D eigenvalue weighted by molar-refractivity contribution is -0.140. The van der Waals surface area contributed by atoms with Gasteiger partial charge in [0, 0.05) is 19.5 Å². The first-order valence-corrected chi connectivity index (χ1v) is 11.5. The summed E-state index contributed by atoms with van der Waals surface area (Å²) in [5.74, 6) is 0.629. The van der Waals surface area contributed by atoms with Crippen LogP contribution in [0.4, 0.5) is 0 Å². The maximum atomic E-state index is 11.1. The van der Waals surface area contributed by atoms with Crippen molar-refractivity contribution < 1.29 is 14.3 Å². The third-order valence-corrected chi connectivity index (χ3v) is 5.32. The number of carbonyl (C=O) groups is 1. The van der Waals surface area contributed by atoms with Gasteiger partial charge in [0.2, 0.25) is 0 Å². The maximum absolute atomic E-state index is 11.1. The summed E-state index contributed by atoms with van der Waals surface area (Å²) < 4.78 is 10.3. The number of nitrogens with zero attached hydrogens (tertiary/aromatic N) is 1. The molecule has 0 aromatic heterocycles. The predicted molar refractivity (Wildman–Crippen MR) is 133 cm³/mol. The third kappa shape index (κ3) is 9.24. The van der Waals surface area contributed by atoms with Crippen molar-refractivity contribution in [3.63, 3.8) is 0 Å². The molecule has 0 saturated carbocycles. The Balaban J connectivity index is 1.47. The van der Waals surface area contributed by atoms with Crippen molar-refractivity contribution in [2.75, 3.05) is 13.7 Å². The molecule has 172 valence electrons. The Labute approximate surface area is 197 Å². The van der Waals surface area contributed by atoms with E-state index in [0.717, 1.165) is 31.7 Å². The molecule has 0 fully saturated rings. The summed E-state index contributed by atoms with van der Waals surface area (Å²) in [6, 6.07) is 29.4. The van der Waals surface area contributed by atoms with Gasteiger partial charge < -0.3 is 14.4 Å². The van der Waals surface area contributed by atoms with Crippen LogP contribution in [-0.4, -0.2) is 24.6 Å². The van der Waals surface area contributed by atoms with Gasteiger partial charge in [0.1, 0.15) is 5.75 Å². The molecule has 0 N–H and O–H groups in total. The van der Waals surface area contributed by atoms with E-state index >= 15 is 0 Å². The summed E-state index contributed by atoms with van der Waals surface area (Å²) in [5.41, 5.74) is 3.89. The van der Waals surface area contributed by atoms with Crippen LogP contribution < -0.4 is 4.74 Å². The first kappa shape index (κ1) is 24.1. The van der Waals surface area contributed by atoms with E-state index in [1.807, 2.05) is 12.1 Å². The number of hydrogen-bond donors (Lipinski definition) is 0. The fourth-order valence-electron chi connectivity index (χ4n) is 3.53. The second-order valence-corrected chi connectivity index (χ2v) is 7.97. The van der Waals surface area contributed by atoms with Gasteiger partial charge in [-0.25, -0.2) is 0 Å². The molecule has 0 aliphatic carbocycles. The molecule has 33 heavy (non-hydrogen) atoms. The quantitative estimate of drug-likeness (QED) is 0.234. The van der Waals surface area contributed by atoms with Gasteiger partial charge in [-0.05, 0) is 54.3 Å². The number of carbonyl (C=O) groups excluding carboxylic acids is 1. The van der Waals surface area contributed by atoms with Gasteiger partial charge in [0.25, 0.3) is 0 Å². The zero-order valence-electron chi connectivity index (χ0n) is 19.4. The molecule has 0 saturated heterocycles. The number of rotatable bonds is 13. The van der Waals surface area contributed by atoms with Crippen LogP contribution in [-0.2, 0) is 29.0 Å². The van der Waals surface area contributed by atoms with Crippen molar-refractivity contribution >= 4 is 5.97 Å². The lowest BCUT2D eigenvalue weighted by Gasteiger charge is -2.21. The van der Waals surface area contributed by atoms with Crippen LogP contribution in [0.15, 0.2) is 97.2 Å². The van der Waals surface area contributed by atoms with Crippen molar-refractivity contribution in [3.8, 4) is 5.75 Å². The van der Waals surface area contributed by atoms with Crippen molar-refractivity contribution in [1.82, 2.24) is 4.90 Å². The van der Waals surface area contributed by atoms with Crippen LogP contribution in [0.25, 0.3) is 0 Å². The molecule has 0 unspecified atom stereocenters. The predicted octanol–water partition coefficient (Wildman–Crippen LogP) is 6.17. The van der Waals surface area contributed by atoms with Crippen molar-refractivity contribution in [2.45, 2.75) is 38.8 Å². The van der Waals surface area contributed by atoms with E-state index in [0.29, 0.717) is 19.4 Å². The molecule has 4 heteroatoms. The molecule has 0 bridgehead atoms. The summed E-state index contributed by atoms with van der Waals surface area (Å²) in [4.78, 5) is 13.5. The topological polar surface area (TPSA) is 38.8 Å². The lowest BCUT2D eigenvalue weighted by atomic mass is 10.1. The summed E-state index contributed by atoms with van der Waals surface area (Å²) in [6.45, 7) is 2.28. The molecule has 4 nitrogen and oxygen atoms in total. The van der Waals surface area contributed by atoms with E-state index in [-0.39, 0.29) is 5.97 Å². The zero-order chi connectivity index (χ0) is 23.1. The fraction of sp³-hybridized carbons (Fsp3) is 0.276. The minimum Gasteiger partial charge on any atom is -0.494 e. The smallest absolute Gasteiger partial charge is 0.305 e. The van der Waals surface area contributed by atoms with Crippen LogP contribution >= 0.6 is 0 Å². The molecule has 3 aromatic carbocycles. The van der Waals surface area contributed by atoms with E-state index in [2.05, 4.69) is 94.7 Å². The third-order valence-electron chi connectivity index (χ3n) is 5.32. The van der Waals surface area contributed by atoms with Gasteiger partial charge in [-0.1, -0.05) is 78.9 Å². The normalized spacial score (nSPS) is 10.8.